The van der Waals surface area contributed by atoms with Gasteiger partial charge in [-0.15, -0.1) is 0 Å². The molecule has 0 saturated carbocycles. The first-order chi connectivity index (χ1) is 9.93. The number of likely N-dealkylation sites (tertiary alicyclic amines) is 1. The fourth-order valence-electron chi connectivity index (χ4n) is 2.67. The molecule has 0 radical (unpaired) electrons. The van der Waals surface area contributed by atoms with Crippen LogP contribution in [0.4, 0.5) is 0 Å². The highest BCUT2D eigenvalue weighted by molar-refractivity contribution is 6.42. The Labute approximate surface area is 135 Å². The number of carbonyl (C=O) groups excluding carboxylic acids is 1. The van der Waals surface area contributed by atoms with Crippen molar-refractivity contribution in [2.24, 2.45) is 11.7 Å². The molecule has 1 aliphatic heterocycles. The third-order valence-corrected chi connectivity index (χ3v) is 4.65. The number of nitrogens with zero attached hydrogens (tertiary/aromatic N) is 1. The molecule has 0 aromatic heterocycles. The molecule has 3 atom stereocenters. The first kappa shape index (κ1) is 16.4. The molecule has 1 heterocycles. The summed E-state index contributed by atoms with van der Waals surface area (Å²) in [6, 6.07) is 5.31. The average molecular weight is 331 g/mol. The van der Waals surface area contributed by atoms with Crippen molar-refractivity contribution in [2.75, 3.05) is 13.1 Å². The van der Waals surface area contributed by atoms with Crippen LogP contribution in [0.3, 0.4) is 0 Å². The Kier molecular flexibility index (Phi) is 5.36. The summed E-state index contributed by atoms with van der Waals surface area (Å²) in [6.07, 6.45) is 0.326. The number of hydrogen-bond acceptors (Lipinski definition) is 3. The fourth-order valence-corrected chi connectivity index (χ4v) is 3.01. The van der Waals surface area contributed by atoms with Crippen LogP contribution in [-0.2, 0) is 4.79 Å². The van der Waals surface area contributed by atoms with E-state index in [1.807, 2.05) is 11.8 Å². The van der Waals surface area contributed by atoms with Crippen molar-refractivity contribution in [3.05, 3.63) is 28.2 Å². The van der Waals surface area contributed by atoms with E-state index in [1.165, 1.54) is 0 Å². The second-order valence-electron chi connectivity index (χ2n) is 5.49. The molecule has 6 heteroatoms. The first-order valence-corrected chi connectivity index (χ1v) is 7.80. The summed E-state index contributed by atoms with van der Waals surface area (Å²) in [5.41, 5.74) is 5.69. The standard InChI is InChI=1S/C15H20Cl2N2O2/c1-9-6-11(7-18)8-19(9)15(20)10(2)21-13-5-3-4-12(16)14(13)17/h3-5,9-11H,6-8,18H2,1-2H3. The minimum Gasteiger partial charge on any atom is -0.479 e. The summed E-state index contributed by atoms with van der Waals surface area (Å²) in [6.45, 7) is 5.05. The van der Waals surface area contributed by atoms with Crippen LogP contribution in [0.2, 0.25) is 10.0 Å². The lowest BCUT2D eigenvalue weighted by atomic mass is 10.1. The Bertz CT molecular complexity index is 524. The highest BCUT2D eigenvalue weighted by Gasteiger charge is 2.34. The van der Waals surface area contributed by atoms with Crippen LogP contribution in [0.5, 0.6) is 5.75 Å². The predicted molar refractivity (Wildman–Crippen MR) is 84.9 cm³/mol. The minimum atomic E-state index is -0.611. The van der Waals surface area contributed by atoms with Crippen LogP contribution in [0.1, 0.15) is 20.3 Å². The summed E-state index contributed by atoms with van der Waals surface area (Å²) in [5, 5.41) is 0.736. The fraction of sp³-hybridized carbons (Fsp3) is 0.533. The quantitative estimate of drug-likeness (QED) is 0.923. The summed E-state index contributed by atoms with van der Waals surface area (Å²) < 4.78 is 5.68. The van der Waals surface area contributed by atoms with Gasteiger partial charge < -0.3 is 15.4 Å². The van der Waals surface area contributed by atoms with Crippen LogP contribution in [-0.4, -0.2) is 36.0 Å². The molecule has 2 N–H and O–H groups in total. The van der Waals surface area contributed by atoms with Gasteiger partial charge in [-0.1, -0.05) is 29.3 Å². The van der Waals surface area contributed by atoms with Crippen molar-refractivity contribution >= 4 is 29.1 Å². The van der Waals surface area contributed by atoms with Gasteiger partial charge in [-0.25, -0.2) is 0 Å². The van der Waals surface area contributed by atoms with E-state index in [0.717, 1.165) is 6.42 Å². The molecule has 116 valence electrons. The van der Waals surface area contributed by atoms with Gasteiger partial charge in [0, 0.05) is 12.6 Å². The van der Waals surface area contributed by atoms with Gasteiger partial charge in [-0.3, -0.25) is 4.79 Å². The maximum absolute atomic E-state index is 12.5. The van der Waals surface area contributed by atoms with E-state index in [4.69, 9.17) is 33.7 Å². The van der Waals surface area contributed by atoms with E-state index < -0.39 is 6.10 Å². The smallest absolute Gasteiger partial charge is 0.263 e. The number of amides is 1. The van der Waals surface area contributed by atoms with Gasteiger partial charge in [0.1, 0.15) is 10.8 Å². The lowest BCUT2D eigenvalue weighted by molar-refractivity contribution is -0.138. The largest absolute Gasteiger partial charge is 0.479 e. The normalized spacial score (nSPS) is 23.2. The van der Waals surface area contributed by atoms with Crippen molar-refractivity contribution in [1.82, 2.24) is 4.90 Å². The van der Waals surface area contributed by atoms with Gasteiger partial charge in [-0.2, -0.15) is 0 Å². The van der Waals surface area contributed by atoms with Gasteiger partial charge in [-0.05, 0) is 44.9 Å². The third kappa shape index (κ3) is 3.62. The number of nitrogens with two attached hydrogens (primary N) is 1. The number of hydrogen-bond donors (Lipinski definition) is 1. The zero-order valence-electron chi connectivity index (χ0n) is 12.2. The van der Waals surface area contributed by atoms with E-state index in [1.54, 1.807) is 25.1 Å². The van der Waals surface area contributed by atoms with E-state index in [0.29, 0.717) is 34.8 Å². The molecule has 1 aromatic rings. The Hall–Kier alpha value is -0.970. The van der Waals surface area contributed by atoms with Crippen LogP contribution in [0.25, 0.3) is 0 Å². The van der Waals surface area contributed by atoms with Gasteiger partial charge in [0.15, 0.2) is 6.10 Å². The highest BCUT2D eigenvalue weighted by Crippen LogP contribution is 2.32. The van der Waals surface area contributed by atoms with Crippen LogP contribution in [0.15, 0.2) is 18.2 Å². The molecule has 1 aliphatic rings. The van der Waals surface area contributed by atoms with Crippen molar-refractivity contribution < 1.29 is 9.53 Å². The summed E-state index contributed by atoms with van der Waals surface area (Å²) >= 11 is 12.0. The summed E-state index contributed by atoms with van der Waals surface area (Å²) in [5.74, 6) is 0.743. The number of carbonyl (C=O) groups is 1. The maximum atomic E-state index is 12.5. The molecule has 2 rings (SSSR count). The zero-order chi connectivity index (χ0) is 15.6. The lowest BCUT2D eigenvalue weighted by Gasteiger charge is -2.25. The summed E-state index contributed by atoms with van der Waals surface area (Å²) in [7, 11) is 0. The number of benzene rings is 1. The van der Waals surface area contributed by atoms with Crippen molar-refractivity contribution in [2.45, 2.75) is 32.4 Å². The monoisotopic (exact) mass is 330 g/mol. The molecular formula is C15H20Cl2N2O2. The predicted octanol–water partition coefficient (Wildman–Crippen LogP) is 2.96. The Balaban J connectivity index is 2.05. The maximum Gasteiger partial charge on any atom is 0.263 e. The zero-order valence-corrected chi connectivity index (χ0v) is 13.7. The Morgan fingerprint density at radius 3 is 2.86 bits per heavy atom. The molecular weight excluding hydrogens is 311 g/mol. The van der Waals surface area contributed by atoms with E-state index in [9.17, 15) is 4.79 Å². The highest BCUT2D eigenvalue weighted by atomic mass is 35.5. The molecule has 21 heavy (non-hydrogen) atoms. The first-order valence-electron chi connectivity index (χ1n) is 7.05. The Morgan fingerprint density at radius 2 is 2.24 bits per heavy atom. The third-order valence-electron chi connectivity index (χ3n) is 3.85. The van der Waals surface area contributed by atoms with Gasteiger partial charge in [0.25, 0.3) is 5.91 Å². The molecule has 1 amide bonds. The topological polar surface area (TPSA) is 55.6 Å². The van der Waals surface area contributed by atoms with Gasteiger partial charge in [0.2, 0.25) is 0 Å². The number of ether oxygens (including phenoxy) is 1. The van der Waals surface area contributed by atoms with E-state index in [-0.39, 0.29) is 11.9 Å². The Morgan fingerprint density at radius 1 is 1.52 bits per heavy atom. The number of halogens is 2. The molecule has 0 aliphatic carbocycles. The minimum absolute atomic E-state index is 0.0468. The van der Waals surface area contributed by atoms with Crippen LogP contribution < -0.4 is 10.5 Å². The molecule has 3 unspecified atom stereocenters. The summed E-state index contributed by atoms with van der Waals surface area (Å²) in [4.78, 5) is 14.3. The molecule has 0 spiro atoms. The lowest BCUT2D eigenvalue weighted by Crippen LogP contribution is -2.42. The van der Waals surface area contributed by atoms with Gasteiger partial charge in [0.05, 0.1) is 5.02 Å². The SMILES string of the molecule is CC(Oc1cccc(Cl)c1Cl)C(=O)N1CC(CN)CC1C. The van der Waals surface area contributed by atoms with Crippen molar-refractivity contribution in [3.63, 3.8) is 0 Å². The second-order valence-corrected chi connectivity index (χ2v) is 6.27. The van der Waals surface area contributed by atoms with Crippen molar-refractivity contribution in [3.8, 4) is 5.75 Å². The van der Waals surface area contributed by atoms with E-state index >= 15 is 0 Å². The molecule has 0 bridgehead atoms. The average Bonchev–Trinajstić information content (AvgIpc) is 2.84. The number of rotatable bonds is 4. The molecule has 1 aromatic carbocycles. The molecule has 1 saturated heterocycles. The van der Waals surface area contributed by atoms with Gasteiger partial charge >= 0.3 is 0 Å². The van der Waals surface area contributed by atoms with Crippen molar-refractivity contribution in [1.29, 1.82) is 0 Å². The second kappa shape index (κ2) is 6.86. The molecule has 1 fully saturated rings. The van der Waals surface area contributed by atoms with Crippen LogP contribution in [0, 0.1) is 5.92 Å². The van der Waals surface area contributed by atoms with E-state index in [2.05, 4.69) is 0 Å². The molecule has 4 nitrogen and oxygen atoms in total. The van der Waals surface area contributed by atoms with Crippen LogP contribution >= 0.6 is 23.2 Å².